The Morgan fingerprint density at radius 1 is 0.885 bits per heavy atom. The van der Waals surface area contributed by atoms with Crippen molar-refractivity contribution in [3.05, 3.63) is 65.7 Å². The largest absolute Gasteiger partial charge is 0.381 e. The number of nitrogens with zero attached hydrogens (tertiary/aromatic N) is 3. The van der Waals surface area contributed by atoms with E-state index >= 15 is 0 Å². The second kappa shape index (κ2) is 9.96. The molecule has 0 bridgehead atoms. The molecule has 0 N–H and O–H groups in total. The maximum Gasteiger partial charge on any atom is 0.101 e. The van der Waals surface area contributed by atoms with Gasteiger partial charge < -0.3 is 9.64 Å². The second-order valence-corrected chi connectivity index (χ2v) is 6.66. The molecule has 0 amide bonds. The molecular weight excluding hydrogens is 322 g/mol. The fourth-order valence-electron chi connectivity index (χ4n) is 3.38. The zero-order chi connectivity index (χ0) is 18.0. The van der Waals surface area contributed by atoms with Crippen molar-refractivity contribution in [3.63, 3.8) is 0 Å². The highest BCUT2D eigenvalue weighted by atomic mass is 16.5. The van der Waals surface area contributed by atoms with Crippen molar-refractivity contribution in [2.75, 3.05) is 50.8 Å². The van der Waals surface area contributed by atoms with Gasteiger partial charge in [0, 0.05) is 39.3 Å². The molecule has 0 aliphatic carbocycles. The van der Waals surface area contributed by atoms with Crippen molar-refractivity contribution in [1.29, 1.82) is 5.26 Å². The van der Waals surface area contributed by atoms with Crippen LogP contribution in [0.3, 0.4) is 0 Å². The van der Waals surface area contributed by atoms with E-state index in [-0.39, 0.29) is 0 Å². The maximum absolute atomic E-state index is 9.26. The Labute approximate surface area is 156 Å². The van der Waals surface area contributed by atoms with E-state index < -0.39 is 0 Å². The summed E-state index contributed by atoms with van der Waals surface area (Å²) in [6, 6.07) is 20.7. The van der Waals surface area contributed by atoms with Gasteiger partial charge >= 0.3 is 0 Å². The highest BCUT2D eigenvalue weighted by Gasteiger charge is 2.18. The van der Waals surface area contributed by atoms with Gasteiger partial charge in [0.1, 0.15) is 6.07 Å². The van der Waals surface area contributed by atoms with Gasteiger partial charge in [-0.15, -0.1) is 0 Å². The summed E-state index contributed by atoms with van der Waals surface area (Å²) in [4.78, 5) is 4.82. The molecule has 0 spiro atoms. The first kappa shape index (κ1) is 18.4. The summed E-state index contributed by atoms with van der Waals surface area (Å²) in [5.41, 5.74) is 3.17. The molecule has 4 nitrogen and oxygen atoms in total. The summed E-state index contributed by atoms with van der Waals surface area (Å²) in [7, 11) is 0. The Balaban J connectivity index is 1.30. The number of para-hydroxylation sites is 1. The first-order chi connectivity index (χ1) is 12.9. The molecule has 1 fully saturated rings. The summed E-state index contributed by atoms with van der Waals surface area (Å²) in [5, 5.41) is 9.26. The second-order valence-electron chi connectivity index (χ2n) is 6.66. The summed E-state index contributed by atoms with van der Waals surface area (Å²) < 4.78 is 5.78. The Morgan fingerprint density at radius 2 is 1.62 bits per heavy atom. The van der Waals surface area contributed by atoms with E-state index in [1.807, 2.05) is 24.3 Å². The zero-order valence-electron chi connectivity index (χ0n) is 15.3. The van der Waals surface area contributed by atoms with Crippen LogP contribution in [0.25, 0.3) is 0 Å². The predicted octanol–water partition coefficient (Wildman–Crippen LogP) is 3.33. The minimum absolute atomic E-state index is 0.771. The lowest BCUT2D eigenvalue weighted by atomic mass is 10.1. The number of nitriles is 1. The Hall–Kier alpha value is -2.35. The van der Waals surface area contributed by atoms with Crippen molar-refractivity contribution in [1.82, 2.24) is 4.90 Å². The molecule has 0 atom stereocenters. The van der Waals surface area contributed by atoms with Crippen LogP contribution in [-0.4, -0.2) is 50.8 Å². The zero-order valence-corrected chi connectivity index (χ0v) is 15.3. The van der Waals surface area contributed by atoms with Gasteiger partial charge in [0.25, 0.3) is 0 Å². The number of rotatable bonds is 8. The van der Waals surface area contributed by atoms with Crippen LogP contribution in [0.1, 0.15) is 17.5 Å². The van der Waals surface area contributed by atoms with Gasteiger partial charge in [-0.25, -0.2) is 0 Å². The van der Waals surface area contributed by atoms with Gasteiger partial charge in [-0.3, -0.25) is 4.90 Å². The molecule has 2 aromatic rings. The van der Waals surface area contributed by atoms with Crippen LogP contribution in [0.15, 0.2) is 54.6 Å². The van der Waals surface area contributed by atoms with Crippen LogP contribution < -0.4 is 4.90 Å². The highest BCUT2D eigenvalue weighted by Crippen LogP contribution is 2.21. The van der Waals surface area contributed by atoms with Gasteiger partial charge in [0.05, 0.1) is 17.9 Å². The van der Waals surface area contributed by atoms with Crippen molar-refractivity contribution in [2.45, 2.75) is 12.8 Å². The molecular formula is C22H27N3O. The molecule has 1 aliphatic rings. The molecule has 0 saturated carbocycles. The molecule has 3 rings (SSSR count). The molecule has 0 aromatic heterocycles. The lowest BCUT2D eigenvalue weighted by Gasteiger charge is -2.36. The van der Waals surface area contributed by atoms with Gasteiger partial charge in [-0.2, -0.15) is 5.26 Å². The summed E-state index contributed by atoms with van der Waals surface area (Å²) in [6.07, 6.45) is 2.06. The van der Waals surface area contributed by atoms with Crippen LogP contribution in [0.2, 0.25) is 0 Å². The molecule has 0 radical (unpaired) electrons. The van der Waals surface area contributed by atoms with Crippen LogP contribution in [0, 0.1) is 11.3 Å². The Kier molecular flexibility index (Phi) is 7.06. The normalized spacial score (nSPS) is 15.0. The molecule has 136 valence electrons. The third-order valence-corrected chi connectivity index (χ3v) is 4.88. The van der Waals surface area contributed by atoms with E-state index in [1.54, 1.807) is 0 Å². The van der Waals surface area contributed by atoms with Crippen molar-refractivity contribution in [3.8, 4) is 6.07 Å². The Bertz CT molecular complexity index is 703. The minimum Gasteiger partial charge on any atom is -0.381 e. The van der Waals surface area contributed by atoms with Crippen molar-refractivity contribution >= 4 is 5.69 Å². The monoisotopic (exact) mass is 349 g/mol. The fourth-order valence-corrected chi connectivity index (χ4v) is 3.38. The molecule has 1 aliphatic heterocycles. The number of ether oxygens (including phenoxy) is 1. The summed E-state index contributed by atoms with van der Waals surface area (Å²) >= 11 is 0. The van der Waals surface area contributed by atoms with Gasteiger partial charge in [-0.1, -0.05) is 42.5 Å². The topological polar surface area (TPSA) is 39.5 Å². The quantitative estimate of drug-likeness (QED) is 0.686. The number of benzene rings is 2. The molecule has 1 saturated heterocycles. The minimum atomic E-state index is 0.771. The highest BCUT2D eigenvalue weighted by molar-refractivity contribution is 5.59. The molecule has 0 unspecified atom stereocenters. The van der Waals surface area contributed by atoms with Crippen LogP contribution in [0.4, 0.5) is 5.69 Å². The van der Waals surface area contributed by atoms with Crippen LogP contribution >= 0.6 is 0 Å². The SMILES string of the molecule is N#Cc1ccccc1N1CCN(CCCOCCc2ccccc2)CC1. The number of hydrogen-bond donors (Lipinski definition) is 0. The first-order valence-corrected chi connectivity index (χ1v) is 9.45. The smallest absolute Gasteiger partial charge is 0.101 e. The maximum atomic E-state index is 9.26. The van der Waals surface area contributed by atoms with Gasteiger partial charge in [0.2, 0.25) is 0 Å². The molecule has 4 heteroatoms. The van der Waals surface area contributed by atoms with Crippen LogP contribution in [-0.2, 0) is 11.2 Å². The lowest BCUT2D eigenvalue weighted by molar-refractivity contribution is 0.122. The van der Waals surface area contributed by atoms with E-state index in [2.05, 4.69) is 46.2 Å². The standard InChI is InChI=1S/C22H27N3O/c23-19-21-9-4-5-10-22(21)25-15-13-24(14-16-25)12-6-17-26-18-11-20-7-2-1-3-8-20/h1-5,7-10H,6,11-18H2. The molecule has 2 aromatic carbocycles. The summed E-state index contributed by atoms with van der Waals surface area (Å²) in [5.74, 6) is 0. The van der Waals surface area contributed by atoms with Gasteiger partial charge in [0.15, 0.2) is 0 Å². The number of anilines is 1. The van der Waals surface area contributed by atoms with Gasteiger partial charge in [-0.05, 0) is 30.5 Å². The fraction of sp³-hybridized carbons (Fsp3) is 0.409. The number of hydrogen-bond acceptors (Lipinski definition) is 4. The lowest BCUT2D eigenvalue weighted by Crippen LogP contribution is -2.47. The van der Waals surface area contributed by atoms with E-state index in [4.69, 9.17) is 4.74 Å². The van der Waals surface area contributed by atoms with E-state index in [0.29, 0.717) is 0 Å². The van der Waals surface area contributed by atoms with E-state index in [1.165, 1.54) is 5.56 Å². The van der Waals surface area contributed by atoms with E-state index in [0.717, 1.165) is 70.0 Å². The Morgan fingerprint density at radius 3 is 2.38 bits per heavy atom. The first-order valence-electron chi connectivity index (χ1n) is 9.45. The average molecular weight is 349 g/mol. The molecule has 1 heterocycles. The van der Waals surface area contributed by atoms with Crippen LogP contribution in [0.5, 0.6) is 0 Å². The summed E-state index contributed by atoms with van der Waals surface area (Å²) in [6.45, 7) is 6.75. The molecule has 26 heavy (non-hydrogen) atoms. The average Bonchev–Trinajstić information content (AvgIpc) is 2.72. The number of piperazine rings is 1. The van der Waals surface area contributed by atoms with E-state index in [9.17, 15) is 5.26 Å². The van der Waals surface area contributed by atoms with Crippen molar-refractivity contribution in [2.24, 2.45) is 0 Å². The predicted molar refractivity (Wildman–Crippen MR) is 105 cm³/mol. The van der Waals surface area contributed by atoms with Crippen molar-refractivity contribution < 1.29 is 4.74 Å². The third-order valence-electron chi connectivity index (χ3n) is 4.88. The third kappa shape index (κ3) is 5.32.